The van der Waals surface area contributed by atoms with Crippen LogP contribution < -0.4 is 0 Å². The summed E-state index contributed by atoms with van der Waals surface area (Å²) in [6, 6.07) is 12.4. The van der Waals surface area contributed by atoms with Gasteiger partial charge in [0.25, 0.3) is 0 Å². The largest absolute Gasteiger partial charge is 0.384 e. The molecule has 0 saturated heterocycles. The molecule has 0 radical (unpaired) electrons. The molecule has 2 aromatic rings. The Hall–Kier alpha value is -1.67. The molecule has 2 rings (SSSR count). The van der Waals surface area contributed by atoms with Gasteiger partial charge in [0.05, 0.1) is 0 Å². The van der Waals surface area contributed by atoms with Gasteiger partial charge in [-0.3, -0.25) is 0 Å². The van der Waals surface area contributed by atoms with Gasteiger partial charge in [-0.25, -0.2) is 4.39 Å². The first-order valence-corrected chi connectivity index (χ1v) is 6.14. The first kappa shape index (κ1) is 12.8. The second-order valence-electron chi connectivity index (χ2n) is 4.53. The molecule has 1 unspecified atom stereocenters. The van der Waals surface area contributed by atoms with Crippen molar-refractivity contribution >= 4 is 0 Å². The van der Waals surface area contributed by atoms with Crippen molar-refractivity contribution in [2.24, 2.45) is 0 Å². The average Bonchev–Trinajstić information content (AvgIpc) is 2.41. The van der Waals surface area contributed by atoms with Crippen LogP contribution in [0.4, 0.5) is 4.39 Å². The fourth-order valence-corrected chi connectivity index (χ4v) is 2.04. The lowest BCUT2D eigenvalue weighted by atomic mass is 9.97. The summed E-state index contributed by atoms with van der Waals surface area (Å²) in [5, 5.41) is 10.3. The fraction of sp³-hybridized carbons (Fsp3) is 0.250. The van der Waals surface area contributed by atoms with Gasteiger partial charge in [0, 0.05) is 5.56 Å². The number of hydrogen-bond donors (Lipinski definition) is 1. The highest BCUT2D eigenvalue weighted by atomic mass is 19.1. The molecule has 2 aromatic carbocycles. The van der Waals surface area contributed by atoms with E-state index in [1.54, 1.807) is 12.1 Å². The van der Waals surface area contributed by atoms with Crippen LogP contribution in [0.1, 0.15) is 35.3 Å². The summed E-state index contributed by atoms with van der Waals surface area (Å²) in [7, 11) is 0. The van der Waals surface area contributed by atoms with E-state index in [0.29, 0.717) is 5.56 Å². The van der Waals surface area contributed by atoms with Crippen LogP contribution in [-0.2, 0) is 6.42 Å². The molecule has 1 nitrogen and oxygen atoms in total. The van der Waals surface area contributed by atoms with Gasteiger partial charge in [-0.1, -0.05) is 48.9 Å². The van der Waals surface area contributed by atoms with Crippen LogP contribution in [0.2, 0.25) is 0 Å². The number of hydrogen-bond acceptors (Lipinski definition) is 1. The predicted octanol–water partition coefficient (Wildman–Crippen LogP) is 3.78. The first-order valence-electron chi connectivity index (χ1n) is 6.14. The summed E-state index contributed by atoms with van der Waals surface area (Å²) in [6.07, 6.45) is -0.00645. The molecule has 1 atom stereocenters. The maximum Gasteiger partial charge on any atom is 0.129 e. The van der Waals surface area contributed by atoms with Crippen LogP contribution in [0, 0.1) is 12.7 Å². The lowest BCUT2D eigenvalue weighted by Gasteiger charge is -2.14. The minimum Gasteiger partial charge on any atom is -0.384 e. The Morgan fingerprint density at radius 1 is 1.17 bits per heavy atom. The van der Waals surface area contributed by atoms with E-state index in [-0.39, 0.29) is 5.82 Å². The Bertz CT molecular complexity index is 549. The minimum atomic E-state index is -0.906. The van der Waals surface area contributed by atoms with E-state index >= 15 is 0 Å². The quantitative estimate of drug-likeness (QED) is 0.871. The number of aliphatic hydroxyl groups excluding tert-OH is 1. The molecule has 18 heavy (non-hydrogen) atoms. The van der Waals surface area contributed by atoms with Gasteiger partial charge in [0.2, 0.25) is 0 Å². The third kappa shape index (κ3) is 2.59. The van der Waals surface area contributed by atoms with E-state index in [1.165, 1.54) is 6.07 Å². The summed E-state index contributed by atoms with van der Waals surface area (Å²) in [6.45, 7) is 3.94. The van der Waals surface area contributed by atoms with E-state index in [1.807, 2.05) is 31.2 Å². The number of aliphatic hydroxyl groups is 1. The van der Waals surface area contributed by atoms with E-state index < -0.39 is 6.10 Å². The van der Waals surface area contributed by atoms with Crippen molar-refractivity contribution < 1.29 is 9.50 Å². The van der Waals surface area contributed by atoms with E-state index in [9.17, 15) is 9.50 Å². The lowest BCUT2D eigenvalue weighted by molar-refractivity contribution is 0.215. The van der Waals surface area contributed by atoms with Crippen LogP contribution in [0.15, 0.2) is 42.5 Å². The maximum atomic E-state index is 13.7. The molecular formula is C16H17FO. The van der Waals surface area contributed by atoms with Crippen molar-refractivity contribution in [3.8, 4) is 0 Å². The smallest absolute Gasteiger partial charge is 0.129 e. The van der Waals surface area contributed by atoms with Crippen LogP contribution in [-0.4, -0.2) is 5.11 Å². The highest BCUT2D eigenvalue weighted by Gasteiger charge is 2.15. The molecule has 0 heterocycles. The van der Waals surface area contributed by atoms with Crippen molar-refractivity contribution in [1.82, 2.24) is 0 Å². The second-order valence-corrected chi connectivity index (χ2v) is 4.53. The average molecular weight is 244 g/mol. The van der Waals surface area contributed by atoms with E-state index in [2.05, 4.69) is 6.92 Å². The molecule has 0 aliphatic heterocycles. The zero-order chi connectivity index (χ0) is 13.1. The lowest BCUT2D eigenvalue weighted by Crippen LogP contribution is -2.03. The standard InChI is InChI=1S/C16H17FO/c1-3-12-5-4-6-13(10-12)16(18)14-9-11(2)7-8-15(14)17/h4-10,16,18H,3H2,1-2H3. The molecule has 0 amide bonds. The highest BCUT2D eigenvalue weighted by molar-refractivity contribution is 5.35. The molecule has 0 aliphatic carbocycles. The molecule has 94 valence electrons. The predicted molar refractivity (Wildman–Crippen MR) is 71.0 cm³/mol. The third-order valence-electron chi connectivity index (χ3n) is 3.12. The molecular weight excluding hydrogens is 227 g/mol. The SMILES string of the molecule is CCc1cccc(C(O)c2cc(C)ccc2F)c1. The third-order valence-corrected chi connectivity index (χ3v) is 3.12. The summed E-state index contributed by atoms with van der Waals surface area (Å²) in [5.74, 6) is -0.366. The Morgan fingerprint density at radius 2 is 1.94 bits per heavy atom. The number of rotatable bonds is 3. The number of aryl methyl sites for hydroxylation is 2. The van der Waals surface area contributed by atoms with E-state index in [0.717, 1.165) is 23.1 Å². The van der Waals surface area contributed by atoms with Gasteiger partial charge in [0.1, 0.15) is 11.9 Å². The molecule has 0 fully saturated rings. The van der Waals surface area contributed by atoms with Gasteiger partial charge >= 0.3 is 0 Å². The summed E-state index contributed by atoms with van der Waals surface area (Å²) in [4.78, 5) is 0. The molecule has 0 aromatic heterocycles. The van der Waals surface area contributed by atoms with Crippen LogP contribution in [0.25, 0.3) is 0 Å². The van der Waals surface area contributed by atoms with E-state index in [4.69, 9.17) is 0 Å². The van der Waals surface area contributed by atoms with Crippen molar-refractivity contribution in [2.75, 3.05) is 0 Å². The van der Waals surface area contributed by atoms with Crippen molar-refractivity contribution in [3.63, 3.8) is 0 Å². The summed E-state index contributed by atoms with van der Waals surface area (Å²) < 4.78 is 13.7. The van der Waals surface area contributed by atoms with Gasteiger partial charge in [-0.2, -0.15) is 0 Å². The Morgan fingerprint density at radius 3 is 2.67 bits per heavy atom. The normalized spacial score (nSPS) is 12.4. The summed E-state index contributed by atoms with van der Waals surface area (Å²) >= 11 is 0. The van der Waals surface area contributed by atoms with Crippen molar-refractivity contribution in [2.45, 2.75) is 26.4 Å². The molecule has 0 aliphatic rings. The van der Waals surface area contributed by atoms with Crippen molar-refractivity contribution in [1.29, 1.82) is 0 Å². The Labute approximate surface area is 107 Å². The van der Waals surface area contributed by atoms with Gasteiger partial charge in [-0.15, -0.1) is 0 Å². The van der Waals surface area contributed by atoms with Gasteiger partial charge in [-0.05, 0) is 30.5 Å². The van der Waals surface area contributed by atoms with Gasteiger partial charge in [0.15, 0.2) is 0 Å². The van der Waals surface area contributed by atoms with Gasteiger partial charge < -0.3 is 5.11 Å². The zero-order valence-corrected chi connectivity index (χ0v) is 10.7. The minimum absolute atomic E-state index is 0.336. The summed E-state index contributed by atoms with van der Waals surface area (Å²) in [5.41, 5.74) is 3.15. The molecule has 1 N–H and O–H groups in total. The Kier molecular flexibility index (Phi) is 3.78. The van der Waals surface area contributed by atoms with Crippen LogP contribution >= 0.6 is 0 Å². The van der Waals surface area contributed by atoms with Crippen LogP contribution in [0.5, 0.6) is 0 Å². The molecule has 0 bridgehead atoms. The highest BCUT2D eigenvalue weighted by Crippen LogP contribution is 2.25. The van der Waals surface area contributed by atoms with Crippen LogP contribution in [0.3, 0.4) is 0 Å². The Balaban J connectivity index is 2.40. The topological polar surface area (TPSA) is 20.2 Å². The molecule has 0 spiro atoms. The second kappa shape index (κ2) is 5.32. The molecule has 2 heteroatoms. The fourth-order valence-electron chi connectivity index (χ4n) is 2.04. The van der Waals surface area contributed by atoms with Crippen molar-refractivity contribution in [3.05, 3.63) is 70.5 Å². The monoisotopic (exact) mass is 244 g/mol. The molecule has 0 saturated carbocycles. The number of benzene rings is 2. The maximum absolute atomic E-state index is 13.7. The number of halogens is 1. The first-order chi connectivity index (χ1) is 8.61. The zero-order valence-electron chi connectivity index (χ0n) is 10.7.